The highest BCUT2D eigenvalue weighted by atomic mass is 32.2. The number of aliphatic imine (C=N–C) groups is 1. The van der Waals surface area contributed by atoms with Crippen molar-refractivity contribution < 1.29 is 26.4 Å². The number of nitrogens with zero attached hydrogens (tertiary/aromatic N) is 2. The summed E-state index contributed by atoms with van der Waals surface area (Å²) in [6.07, 6.45) is 4.35. The van der Waals surface area contributed by atoms with E-state index in [4.69, 9.17) is 5.73 Å². The smallest absolute Gasteiger partial charge is 0.262 e. The quantitative estimate of drug-likeness (QED) is 0.244. The molecule has 190 valence electrons. The van der Waals surface area contributed by atoms with Crippen LogP contribution in [0.3, 0.4) is 0 Å². The van der Waals surface area contributed by atoms with Crippen LogP contribution in [0.2, 0.25) is 0 Å². The normalized spacial score (nSPS) is 12.7. The lowest BCUT2D eigenvalue weighted by Gasteiger charge is -2.12. The summed E-state index contributed by atoms with van der Waals surface area (Å²) in [6.45, 7) is 1.67. The molecule has 4 aromatic rings. The van der Waals surface area contributed by atoms with Gasteiger partial charge < -0.3 is 10.7 Å². The highest BCUT2D eigenvalue weighted by Gasteiger charge is 2.26. The number of rotatable bonds is 7. The van der Waals surface area contributed by atoms with Gasteiger partial charge in [-0.1, -0.05) is 6.07 Å². The molecule has 2 aromatic heterocycles. The number of pyridine rings is 1. The molecule has 0 saturated carbocycles. The van der Waals surface area contributed by atoms with Crippen molar-refractivity contribution in [2.24, 2.45) is 10.7 Å². The Morgan fingerprint density at radius 3 is 2.59 bits per heavy atom. The highest BCUT2D eigenvalue weighted by molar-refractivity contribution is 7.92. The van der Waals surface area contributed by atoms with E-state index >= 15 is 4.39 Å². The maximum absolute atomic E-state index is 15.4. The Morgan fingerprint density at radius 1 is 1.16 bits per heavy atom. The molecule has 0 atom stereocenters. The van der Waals surface area contributed by atoms with Crippen LogP contribution in [0, 0.1) is 17.5 Å². The lowest BCUT2D eigenvalue weighted by Crippen LogP contribution is -2.16. The van der Waals surface area contributed by atoms with Crippen LogP contribution in [0.5, 0.6) is 0 Å². The van der Waals surface area contributed by atoms with Gasteiger partial charge >= 0.3 is 0 Å². The predicted molar refractivity (Wildman–Crippen MR) is 133 cm³/mol. The number of nitrogens with two attached hydrogens (primary N) is 1. The van der Waals surface area contributed by atoms with Crippen molar-refractivity contribution in [2.75, 3.05) is 11.8 Å². The van der Waals surface area contributed by atoms with Gasteiger partial charge in [0.05, 0.1) is 21.9 Å². The van der Waals surface area contributed by atoms with Crippen LogP contribution in [-0.2, 0) is 10.0 Å². The predicted octanol–water partition coefficient (Wildman–Crippen LogP) is 4.29. The number of hydrogen-bond donors (Lipinski definition) is 3. The topological polar surface area (TPSA) is 130 Å². The molecule has 2 aromatic carbocycles. The zero-order chi connectivity index (χ0) is 26.9. The number of anilines is 1. The first-order chi connectivity index (χ1) is 17.5. The molecular weight excluding hydrogens is 507 g/mol. The van der Waals surface area contributed by atoms with Crippen LogP contribution in [-0.4, -0.2) is 36.9 Å². The summed E-state index contributed by atoms with van der Waals surface area (Å²) in [6, 6.07) is 7.21. The zero-order valence-corrected chi connectivity index (χ0v) is 20.3. The van der Waals surface area contributed by atoms with E-state index in [9.17, 15) is 22.0 Å². The van der Waals surface area contributed by atoms with E-state index in [1.807, 2.05) is 4.72 Å². The second kappa shape index (κ2) is 9.90. The van der Waals surface area contributed by atoms with Crippen molar-refractivity contribution >= 4 is 38.2 Å². The molecule has 0 bridgehead atoms. The van der Waals surface area contributed by atoms with E-state index in [0.29, 0.717) is 17.0 Å². The van der Waals surface area contributed by atoms with Crippen molar-refractivity contribution in [2.45, 2.75) is 11.8 Å². The lowest BCUT2D eigenvalue weighted by molar-refractivity contribution is 0.103. The average Bonchev–Trinajstić information content (AvgIpc) is 3.27. The van der Waals surface area contributed by atoms with Gasteiger partial charge in [-0.2, -0.15) is 0 Å². The maximum Gasteiger partial charge on any atom is 0.262 e. The molecule has 0 unspecified atom stereocenters. The Hall–Kier alpha value is -4.45. The van der Waals surface area contributed by atoms with Crippen LogP contribution in [0.15, 0.2) is 76.5 Å². The van der Waals surface area contributed by atoms with Crippen LogP contribution >= 0.6 is 0 Å². The number of carbonyl (C=O) groups excluding carboxylic acids is 1. The molecule has 37 heavy (non-hydrogen) atoms. The molecule has 4 rings (SSSR count). The number of fused-ring (bicyclic) bond motifs is 1. The highest BCUT2D eigenvalue weighted by Crippen LogP contribution is 2.29. The van der Waals surface area contributed by atoms with Gasteiger partial charge in [0.2, 0.25) is 5.78 Å². The Kier molecular flexibility index (Phi) is 6.86. The molecule has 0 radical (unpaired) electrons. The van der Waals surface area contributed by atoms with E-state index in [1.165, 1.54) is 18.5 Å². The molecule has 0 aliphatic rings. The molecule has 0 saturated heterocycles. The van der Waals surface area contributed by atoms with Crippen molar-refractivity contribution in [3.8, 4) is 0 Å². The fourth-order valence-corrected chi connectivity index (χ4v) is 4.73. The van der Waals surface area contributed by atoms with E-state index in [2.05, 4.69) is 15.0 Å². The Morgan fingerprint density at radius 2 is 1.92 bits per heavy atom. The van der Waals surface area contributed by atoms with Crippen molar-refractivity contribution in [1.29, 1.82) is 0 Å². The first kappa shape index (κ1) is 25.6. The van der Waals surface area contributed by atoms with E-state index in [1.54, 1.807) is 26.1 Å². The Bertz CT molecular complexity index is 1710. The Labute approximate surface area is 209 Å². The monoisotopic (exact) mass is 527 g/mol. The van der Waals surface area contributed by atoms with Gasteiger partial charge in [-0.25, -0.2) is 26.6 Å². The average molecular weight is 528 g/mol. The van der Waals surface area contributed by atoms with Crippen LogP contribution in [0.25, 0.3) is 11.0 Å². The summed E-state index contributed by atoms with van der Waals surface area (Å²) in [5.41, 5.74) is 5.71. The fourth-order valence-electron chi connectivity index (χ4n) is 3.64. The molecule has 2 heterocycles. The fraction of sp³-hybridized carbons (Fsp3) is 0.0800. The maximum atomic E-state index is 15.4. The molecular formula is C25H20F3N5O3S. The van der Waals surface area contributed by atoms with Gasteiger partial charge in [0, 0.05) is 41.7 Å². The van der Waals surface area contributed by atoms with Gasteiger partial charge in [0.25, 0.3) is 10.0 Å². The molecule has 12 heteroatoms. The summed E-state index contributed by atoms with van der Waals surface area (Å²) in [5.74, 6) is -4.50. The number of sulfonamides is 1. The minimum atomic E-state index is -4.44. The number of aromatic amines is 1. The molecule has 0 amide bonds. The molecule has 0 aliphatic heterocycles. The molecule has 0 spiro atoms. The number of ketones is 1. The van der Waals surface area contributed by atoms with E-state index in [-0.39, 0.29) is 16.6 Å². The second-order valence-corrected chi connectivity index (χ2v) is 9.68. The molecule has 8 nitrogen and oxygen atoms in total. The summed E-state index contributed by atoms with van der Waals surface area (Å²) < 4.78 is 70.8. The first-order valence-corrected chi connectivity index (χ1v) is 12.2. The van der Waals surface area contributed by atoms with Gasteiger partial charge in [0.15, 0.2) is 5.82 Å². The summed E-state index contributed by atoms with van der Waals surface area (Å²) in [7, 11) is -2.89. The number of benzene rings is 2. The van der Waals surface area contributed by atoms with Crippen molar-refractivity contribution in [3.05, 3.63) is 101 Å². The molecule has 0 fully saturated rings. The minimum Gasteiger partial charge on any atom is -0.402 e. The third kappa shape index (κ3) is 5.09. The van der Waals surface area contributed by atoms with Gasteiger partial charge in [-0.15, -0.1) is 0 Å². The third-order valence-corrected chi connectivity index (χ3v) is 6.71. The van der Waals surface area contributed by atoms with E-state index in [0.717, 1.165) is 30.3 Å². The summed E-state index contributed by atoms with van der Waals surface area (Å²) in [4.78, 5) is 24.0. The van der Waals surface area contributed by atoms with Gasteiger partial charge in [-0.05, 0) is 49.4 Å². The number of nitrogens with one attached hydrogen (secondary N) is 2. The van der Waals surface area contributed by atoms with Gasteiger partial charge in [-0.3, -0.25) is 14.5 Å². The van der Waals surface area contributed by atoms with Crippen LogP contribution in [0.4, 0.5) is 18.9 Å². The number of aromatic nitrogens is 2. The van der Waals surface area contributed by atoms with Gasteiger partial charge in [0.1, 0.15) is 17.3 Å². The number of halogens is 3. The van der Waals surface area contributed by atoms with Crippen LogP contribution in [0.1, 0.15) is 28.4 Å². The van der Waals surface area contributed by atoms with Crippen molar-refractivity contribution in [3.63, 3.8) is 0 Å². The summed E-state index contributed by atoms with van der Waals surface area (Å²) >= 11 is 0. The number of carbonyl (C=O) groups is 1. The third-order valence-electron chi connectivity index (χ3n) is 5.35. The summed E-state index contributed by atoms with van der Waals surface area (Å²) in [5, 5.41) is 0.260. The second-order valence-electron chi connectivity index (χ2n) is 8.00. The SMILES string of the molecule is CN=C(C=C(C)N)c1cnc2[nH]cc(C(=O)c3c(F)ccc(NS(=O)(=O)c4cccc(F)c4)c3F)c2c1. The standard InChI is InChI=1S/C25H20F3N5O3S/c1-13(29)8-21(30-2)14-9-17-18(12-32-25(17)31-11-14)24(34)22-19(27)6-7-20(23(22)28)33-37(35,36)16-5-3-4-15(26)10-16/h3-12,33H,29H2,1-2H3,(H,31,32). The first-order valence-electron chi connectivity index (χ1n) is 10.7. The molecule has 0 aliphatic carbocycles. The van der Waals surface area contributed by atoms with Crippen LogP contribution < -0.4 is 10.5 Å². The van der Waals surface area contributed by atoms with Crippen molar-refractivity contribution in [1.82, 2.24) is 9.97 Å². The molecule has 4 N–H and O–H groups in total. The Balaban J connectivity index is 1.77. The number of H-pyrrole nitrogens is 1. The largest absolute Gasteiger partial charge is 0.402 e. The minimum absolute atomic E-state index is 0.101. The lowest BCUT2D eigenvalue weighted by atomic mass is 10.0. The van der Waals surface area contributed by atoms with E-state index < -0.39 is 49.4 Å². The number of allylic oxidation sites excluding steroid dienone is 2. The zero-order valence-electron chi connectivity index (χ0n) is 19.5. The number of hydrogen-bond acceptors (Lipinski definition) is 6.